The average molecular weight is 507 g/mol. The summed E-state index contributed by atoms with van der Waals surface area (Å²) in [5, 5.41) is 3.00. The van der Waals surface area contributed by atoms with Crippen molar-refractivity contribution in [1.29, 1.82) is 0 Å². The van der Waals surface area contributed by atoms with Gasteiger partial charge >= 0.3 is 0 Å². The van der Waals surface area contributed by atoms with Gasteiger partial charge in [0.15, 0.2) is 0 Å². The lowest BCUT2D eigenvalue weighted by molar-refractivity contribution is -0.122. The Bertz CT molecular complexity index is 1320. The van der Waals surface area contributed by atoms with Crippen molar-refractivity contribution < 1.29 is 17.9 Å². The number of benzene rings is 3. The Morgan fingerprint density at radius 1 is 1.03 bits per heavy atom. The zero-order valence-electron chi connectivity index (χ0n) is 21.2. The maximum absolute atomic E-state index is 14.0. The maximum atomic E-state index is 14.0. The van der Waals surface area contributed by atoms with Gasteiger partial charge in [-0.3, -0.25) is 9.10 Å². The molecular formula is C29H34N2O4S. The number of unbranched alkanes of at least 4 members (excludes halogenated alkanes) is 1. The Kier molecular flexibility index (Phi) is 7.99. The van der Waals surface area contributed by atoms with Crippen molar-refractivity contribution in [3.63, 3.8) is 0 Å². The lowest BCUT2D eigenvalue weighted by Crippen LogP contribution is -2.52. The highest BCUT2D eigenvalue weighted by Crippen LogP contribution is 2.37. The summed E-state index contributed by atoms with van der Waals surface area (Å²) in [4.78, 5) is 13.5. The van der Waals surface area contributed by atoms with Crippen LogP contribution >= 0.6 is 0 Å². The van der Waals surface area contributed by atoms with Crippen LogP contribution in [0.1, 0.15) is 41.5 Å². The molecule has 36 heavy (non-hydrogen) atoms. The fraction of sp³-hybridized carbons (Fsp3) is 0.345. The highest BCUT2D eigenvalue weighted by Gasteiger charge is 2.40. The summed E-state index contributed by atoms with van der Waals surface area (Å²) in [6.45, 7) is 4.27. The normalized spacial score (nSPS) is 15.3. The molecule has 0 aromatic heterocycles. The van der Waals surface area contributed by atoms with Crippen molar-refractivity contribution in [3.8, 4) is 5.75 Å². The SMILES string of the molecule is COc1cc(S(=O)(=O)N2c3ccccc3CC[C@H]2C(=O)NCCCCc2ccccc2)cc(C)c1C. The van der Waals surface area contributed by atoms with Crippen LogP contribution in [0.3, 0.4) is 0 Å². The number of nitrogens with zero attached hydrogens (tertiary/aromatic N) is 1. The predicted molar refractivity (Wildman–Crippen MR) is 143 cm³/mol. The summed E-state index contributed by atoms with van der Waals surface area (Å²) in [6, 6.07) is 20.1. The second kappa shape index (κ2) is 11.2. The van der Waals surface area contributed by atoms with Crippen LogP contribution < -0.4 is 14.4 Å². The van der Waals surface area contributed by atoms with Crippen molar-refractivity contribution in [2.75, 3.05) is 18.0 Å². The molecule has 1 amide bonds. The largest absolute Gasteiger partial charge is 0.496 e. The number of amides is 1. The minimum atomic E-state index is -4.02. The highest BCUT2D eigenvalue weighted by molar-refractivity contribution is 7.93. The number of nitrogens with one attached hydrogen (secondary N) is 1. The standard InChI is InChI=1S/C29H34N2O4S/c1-21-19-25(20-28(35-3)22(21)2)36(33,34)31-26-15-8-7-14-24(26)16-17-27(31)29(32)30-18-10-9-13-23-11-5-4-6-12-23/h4-8,11-12,14-15,19-20,27H,9-10,13,16-18H2,1-3H3,(H,30,32)/t27-/m0/s1. The van der Waals surface area contributed by atoms with Gasteiger partial charge in [0.2, 0.25) is 5.91 Å². The number of sulfonamides is 1. The first-order valence-electron chi connectivity index (χ1n) is 12.4. The van der Waals surface area contributed by atoms with E-state index in [1.54, 1.807) is 18.2 Å². The van der Waals surface area contributed by atoms with Gasteiger partial charge in [0.1, 0.15) is 11.8 Å². The molecule has 0 saturated carbocycles. The molecule has 3 aromatic rings. The van der Waals surface area contributed by atoms with Gasteiger partial charge in [-0.05, 0) is 80.3 Å². The summed E-state index contributed by atoms with van der Waals surface area (Å²) >= 11 is 0. The van der Waals surface area contributed by atoms with Crippen molar-refractivity contribution in [2.24, 2.45) is 0 Å². The van der Waals surface area contributed by atoms with Gasteiger partial charge in [-0.1, -0.05) is 48.5 Å². The molecular weight excluding hydrogens is 472 g/mol. The molecule has 1 heterocycles. The van der Waals surface area contributed by atoms with Crippen LogP contribution in [-0.4, -0.2) is 34.0 Å². The molecule has 7 heteroatoms. The van der Waals surface area contributed by atoms with Crippen LogP contribution in [0.25, 0.3) is 0 Å². The Labute approximate surface area is 214 Å². The van der Waals surface area contributed by atoms with Crippen molar-refractivity contribution in [1.82, 2.24) is 5.32 Å². The van der Waals surface area contributed by atoms with Crippen molar-refractivity contribution in [2.45, 2.75) is 56.9 Å². The van der Waals surface area contributed by atoms with Crippen LogP contribution in [-0.2, 0) is 27.7 Å². The number of methoxy groups -OCH3 is 1. The average Bonchev–Trinajstić information content (AvgIpc) is 2.89. The first-order valence-corrected chi connectivity index (χ1v) is 13.9. The highest BCUT2D eigenvalue weighted by atomic mass is 32.2. The summed E-state index contributed by atoms with van der Waals surface area (Å²) in [6.07, 6.45) is 3.79. The molecule has 1 atom stereocenters. The number of anilines is 1. The number of fused-ring (bicyclic) bond motifs is 1. The Balaban J connectivity index is 1.55. The molecule has 190 valence electrons. The van der Waals surface area contributed by atoms with E-state index in [0.717, 1.165) is 36.0 Å². The molecule has 0 aliphatic carbocycles. The van der Waals surface area contributed by atoms with E-state index in [1.807, 2.05) is 50.2 Å². The van der Waals surface area contributed by atoms with Gasteiger partial charge in [0.05, 0.1) is 17.7 Å². The first kappa shape index (κ1) is 25.8. The fourth-order valence-electron chi connectivity index (χ4n) is 4.75. The lowest BCUT2D eigenvalue weighted by Gasteiger charge is -2.37. The van der Waals surface area contributed by atoms with Gasteiger partial charge in [-0.2, -0.15) is 0 Å². The number of hydrogen-bond acceptors (Lipinski definition) is 4. The predicted octanol–water partition coefficient (Wildman–Crippen LogP) is 4.96. The van der Waals surface area contributed by atoms with Gasteiger partial charge in [0.25, 0.3) is 10.0 Å². The number of aryl methyl sites for hydroxylation is 3. The monoisotopic (exact) mass is 506 g/mol. The molecule has 1 aliphatic heterocycles. The zero-order valence-corrected chi connectivity index (χ0v) is 22.0. The molecule has 0 saturated heterocycles. The molecule has 0 spiro atoms. The lowest BCUT2D eigenvalue weighted by atomic mass is 9.97. The van der Waals surface area contributed by atoms with E-state index in [0.29, 0.717) is 30.8 Å². The molecule has 6 nitrogen and oxygen atoms in total. The van der Waals surface area contributed by atoms with E-state index in [1.165, 1.54) is 17.0 Å². The number of ether oxygens (including phenoxy) is 1. The topological polar surface area (TPSA) is 75.7 Å². The molecule has 0 bridgehead atoms. The van der Waals surface area contributed by atoms with Crippen molar-refractivity contribution in [3.05, 3.63) is 89.0 Å². The van der Waals surface area contributed by atoms with Gasteiger partial charge in [0, 0.05) is 12.6 Å². The van der Waals surface area contributed by atoms with Gasteiger partial charge in [-0.25, -0.2) is 8.42 Å². The first-order chi connectivity index (χ1) is 17.3. The van der Waals surface area contributed by atoms with Crippen LogP contribution in [0.5, 0.6) is 5.75 Å². The Hall–Kier alpha value is -3.32. The summed E-state index contributed by atoms with van der Waals surface area (Å²) in [5.41, 5.74) is 4.46. The van der Waals surface area contributed by atoms with Gasteiger partial charge in [-0.15, -0.1) is 0 Å². The van der Waals surface area contributed by atoms with Crippen LogP contribution in [0, 0.1) is 13.8 Å². The quantitative estimate of drug-likeness (QED) is 0.416. The smallest absolute Gasteiger partial charge is 0.265 e. The minimum absolute atomic E-state index is 0.125. The van der Waals surface area contributed by atoms with Crippen LogP contribution in [0.4, 0.5) is 5.69 Å². The number of carbonyl (C=O) groups is 1. The second-order valence-corrected chi connectivity index (χ2v) is 11.1. The third-order valence-corrected chi connectivity index (χ3v) is 8.71. The summed E-state index contributed by atoms with van der Waals surface area (Å²) in [5.74, 6) is 0.252. The fourth-order valence-corrected chi connectivity index (χ4v) is 6.53. The summed E-state index contributed by atoms with van der Waals surface area (Å²) in [7, 11) is -2.49. The number of carbonyl (C=O) groups excluding carboxylic acids is 1. The Morgan fingerprint density at radius 2 is 1.75 bits per heavy atom. The molecule has 0 unspecified atom stereocenters. The van der Waals surface area contributed by atoms with E-state index < -0.39 is 16.1 Å². The van der Waals surface area contributed by atoms with Gasteiger partial charge < -0.3 is 10.1 Å². The zero-order chi connectivity index (χ0) is 25.7. The third-order valence-electron chi connectivity index (χ3n) is 6.91. The van der Waals surface area contributed by atoms with Crippen LogP contribution in [0.15, 0.2) is 71.6 Å². The van der Waals surface area contributed by atoms with E-state index in [9.17, 15) is 13.2 Å². The maximum Gasteiger partial charge on any atom is 0.265 e. The minimum Gasteiger partial charge on any atom is -0.496 e. The number of hydrogen-bond donors (Lipinski definition) is 1. The Morgan fingerprint density at radius 3 is 2.50 bits per heavy atom. The van der Waals surface area contributed by atoms with E-state index >= 15 is 0 Å². The molecule has 3 aromatic carbocycles. The summed E-state index contributed by atoms with van der Waals surface area (Å²) < 4.78 is 34.8. The third kappa shape index (κ3) is 5.41. The number of para-hydroxylation sites is 1. The van der Waals surface area contributed by atoms with E-state index in [2.05, 4.69) is 17.4 Å². The molecule has 1 N–H and O–H groups in total. The molecule has 0 fully saturated rings. The van der Waals surface area contributed by atoms with E-state index in [-0.39, 0.29) is 10.8 Å². The van der Waals surface area contributed by atoms with Crippen LogP contribution in [0.2, 0.25) is 0 Å². The van der Waals surface area contributed by atoms with E-state index in [4.69, 9.17) is 4.74 Å². The molecule has 1 aliphatic rings. The second-order valence-electron chi connectivity index (χ2n) is 9.29. The molecule has 0 radical (unpaired) electrons. The number of rotatable bonds is 9. The van der Waals surface area contributed by atoms with Crippen molar-refractivity contribution >= 4 is 21.6 Å². The molecule has 4 rings (SSSR count).